The first-order valence-corrected chi connectivity index (χ1v) is 7.09. The van der Waals surface area contributed by atoms with Gasteiger partial charge in [-0.15, -0.1) is 0 Å². The second-order valence-corrected chi connectivity index (χ2v) is 5.33. The van der Waals surface area contributed by atoms with Gasteiger partial charge in [-0.2, -0.15) is 0 Å². The van der Waals surface area contributed by atoms with Crippen LogP contribution in [-0.4, -0.2) is 19.3 Å². The molecule has 0 spiro atoms. The Balaban J connectivity index is 3.18. The molecule has 1 rings (SSSR count). The summed E-state index contributed by atoms with van der Waals surface area (Å²) >= 11 is 6.23. The summed E-state index contributed by atoms with van der Waals surface area (Å²) in [6.07, 6.45) is 1.80. The van der Waals surface area contributed by atoms with Gasteiger partial charge in [-0.05, 0) is 50.1 Å². The Kier molecular flexibility index (Phi) is 6.24. The van der Waals surface area contributed by atoms with Gasteiger partial charge in [0.2, 0.25) is 0 Å². The predicted octanol–water partition coefficient (Wildman–Crippen LogP) is 4.33. The van der Waals surface area contributed by atoms with Crippen molar-refractivity contribution in [2.45, 2.75) is 45.3 Å². The molecular weight excluding hydrogens is 265 g/mol. The van der Waals surface area contributed by atoms with Crippen LogP contribution in [0.15, 0.2) is 18.2 Å². The van der Waals surface area contributed by atoms with Crippen LogP contribution in [0.2, 0.25) is 5.02 Å². The summed E-state index contributed by atoms with van der Waals surface area (Å²) in [7, 11) is 1.68. The van der Waals surface area contributed by atoms with Gasteiger partial charge in [-0.25, -0.2) is 4.39 Å². The number of benzene rings is 1. The lowest BCUT2D eigenvalue weighted by atomic mass is 9.87. The molecule has 19 heavy (non-hydrogen) atoms. The summed E-state index contributed by atoms with van der Waals surface area (Å²) in [5, 5.41) is 3.98. The van der Waals surface area contributed by atoms with E-state index < -0.39 is 5.60 Å². The van der Waals surface area contributed by atoms with Crippen LogP contribution in [0.25, 0.3) is 0 Å². The van der Waals surface area contributed by atoms with Crippen LogP contribution in [0.1, 0.15) is 45.2 Å². The molecule has 0 aromatic heterocycles. The van der Waals surface area contributed by atoms with Crippen LogP contribution < -0.4 is 5.32 Å². The number of methoxy groups -OCH3 is 1. The molecule has 0 aliphatic heterocycles. The van der Waals surface area contributed by atoms with E-state index in [2.05, 4.69) is 19.2 Å². The summed E-state index contributed by atoms with van der Waals surface area (Å²) in [6.45, 7) is 6.99. The molecular formula is C15H23ClFNO. The van der Waals surface area contributed by atoms with Crippen molar-refractivity contribution in [1.29, 1.82) is 0 Å². The minimum Gasteiger partial charge on any atom is -0.377 e. The Bertz CT molecular complexity index is 407. The quantitative estimate of drug-likeness (QED) is 0.806. The lowest BCUT2D eigenvalue weighted by Gasteiger charge is -2.37. The maximum Gasteiger partial charge on any atom is 0.123 e. The van der Waals surface area contributed by atoms with E-state index in [-0.39, 0.29) is 11.9 Å². The lowest BCUT2D eigenvalue weighted by Crippen LogP contribution is -2.43. The first-order valence-electron chi connectivity index (χ1n) is 6.72. The fourth-order valence-corrected chi connectivity index (χ4v) is 2.37. The van der Waals surface area contributed by atoms with E-state index >= 15 is 0 Å². The third kappa shape index (κ3) is 3.91. The molecule has 0 aliphatic carbocycles. The van der Waals surface area contributed by atoms with E-state index in [4.69, 9.17) is 16.3 Å². The molecule has 1 N–H and O–H groups in total. The number of rotatable bonds is 7. The Morgan fingerprint density at radius 2 is 2.11 bits per heavy atom. The van der Waals surface area contributed by atoms with E-state index in [9.17, 15) is 4.39 Å². The summed E-state index contributed by atoms with van der Waals surface area (Å²) in [6, 6.07) is 4.32. The van der Waals surface area contributed by atoms with Crippen molar-refractivity contribution >= 4 is 11.6 Å². The van der Waals surface area contributed by atoms with Gasteiger partial charge in [-0.1, -0.05) is 25.4 Å². The minimum absolute atomic E-state index is 0.134. The first kappa shape index (κ1) is 16.4. The van der Waals surface area contributed by atoms with Gasteiger partial charge >= 0.3 is 0 Å². The second kappa shape index (κ2) is 7.22. The maximum absolute atomic E-state index is 13.5. The van der Waals surface area contributed by atoms with E-state index in [0.717, 1.165) is 24.9 Å². The molecule has 2 atom stereocenters. The molecule has 0 aliphatic rings. The molecule has 0 heterocycles. The number of hydrogen-bond donors (Lipinski definition) is 1. The minimum atomic E-state index is -0.424. The third-order valence-corrected chi connectivity index (χ3v) is 3.99. The van der Waals surface area contributed by atoms with Gasteiger partial charge < -0.3 is 10.1 Å². The van der Waals surface area contributed by atoms with E-state index in [1.54, 1.807) is 13.2 Å². The van der Waals surface area contributed by atoms with Gasteiger partial charge in [0.1, 0.15) is 5.82 Å². The average Bonchev–Trinajstić information content (AvgIpc) is 2.42. The van der Waals surface area contributed by atoms with Gasteiger partial charge in [0, 0.05) is 12.1 Å². The van der Waals surface area contributed by atoms with E-state index in [1.165, 1.54) is 12.1 Å². The molecule has 1 aromatic carbocycles. The van der Waals surface area contributed by atoms with Crippen LogP contribution >= 0.6 is 11.6 Å². The number of nitrogens with one attached hydrogen (secondary N) is 1. The fourth-order valence-electron chi connectivity index (χ4n) is 2.15. The summed E-state index contributed by atoms with van der Waals surface area (Å²) in [4.78, 5) is 0. The van der Waals surface area contributed by atoms with Crippen LogP contribution in [0.4, 0.5) is 4.39 Å². The Morgan fingerprint density at radius 1 is 1.42 bits per heavy atom. The molecule has 0 saturated heterocycles. The van der Waals surface area contributed by atoms with Crippen molar-refractivity contribution < 1.29 is 9.13 Å². The highest BCUT2D eigenvalue weighted by molar-refractivity contribution is 6.31. The Morgan fingerprint density at radius 3 is 2.63 bits per heavy atom. The molecule has 0 amide bonds. The highest BCUT2D eigenvalue weighted by atomic mass is 35.5. The van der Waals surface area contributed by atoms with Gasteiger partial charge in [-0.3, -0.25) is 0 Å². The van der Waals surface area contributed by atoms with Crippen molar-refractivity contribution in [3.63, 3.8) is 0 Å². The van der Waals surface area contributed by atoms with Crippen molar-refractivity contribution in [2.24, 2.45) is 0 Å². The van der Waals surface area contributed by atoms with Gasteiger partial charge in [0.05, 0.1) is 11.6 Å². The molecule has 1 aromatic rings. The Hall–Kier alpha value is -0.640. The zero-order valence-electron chi connectivity index (χ0n) is 12.1. The maximum atomic E-state index is 13.5. The number of ether oxygens (including phenoxy) is 1. The molecule has 0 fully saturated rings. The van der Waals surface area contributed by atoms with Gasteiger partial charge in [0.25, 0.3) is 0 Å². The van der Waals surface area contributed by atoms with Crippen molar-refractivity contribution in [3.8, 4) is 0 Å². The molecule has 2 unspecified atom stereocenters. The monoisotopic (exact) mass is 287 g/mol. The third-order valence-electron chi connectivity index (χ3n) is 3.65. The van der Waals surface area contributed by atoms with Crippen molar-refractivity contribution in [3.05, 3.63) is 34.6 Å². The number of halogens is 2. The zero-order chi connectivity index (χ0) is 14.5. The topological polar surface area (TPSA) is 21.3 Å². The summed E-state index contributed by atoms with van der Waals surface area (Å²) < 4.78 is 19.2. The van der Waals surface area contributed by atoms with E-state index in [1.807, 2.05) is 6.92 Å². The molecule has 0 bridgehead atoms. The van der Waals surface area contributed by atoms with Crippen LogP contribution in [0.3, 0.4) is 0 Å². The SMILES string of the molecule is CCCNC(c1cc(F)ccc1Cl)C(C)(CC)OC. The van der Waals surface area contributed by atoms with E-state index in [0.29, 0.717) is 5.02 Å². The highest BCUT2D eigenvalue weighted by Gasteiger charge is 2.34. The summed E-state index contributed by atoms with van der Waals surface area (Å²) in [5.74, 6) is -0.280. The molecule has 0 radical (unpaired) electrons. The Labute approximate surface area is 120 Å². The smallest absolute Gasteiger partial charge is 0.123 e. The van der Waals surface area contributed by atoms with Crippen LogP contribution in [0.5, 0.6) is 0 Å². The second-order valence-electron chi connectivity index (χ2n) is 4.92. The lowest BCUT2D eigenvalue weighted by molar-refractivity contribution is -0.0299. The average molecular weight is 288 g/mol. The molecule has 0 saturated carbocycles. The highest BCUT2D eigenvalue weighted by Crippen LogP contribution is 2.35. The van der Waals surface area contributed by atoms with Crippen LogP contribution in [0, 0.1) is 5.82 Å². The van der Waals surface area contributed by atoms with Crippen molar-refractivity contribution in [1.82, 2.24) is 5.32 Å². The molecule has 2 nitrogen and oxygen atoms in total. The standard InChI is InChI=1S/C15H23ClFNO/c1-5-9-18-14(15(3,6-2)19-4)12-10-11(17)7-8-13(12)16/h7-8,10,14,18H,5-6,9H2,1-4H3. The van der Waals surface area contributed by atoms with Crippen LogP contribution in [-0.2, 0) is 4.74 Å². The zero-order valence-corrected chi connectivity index (χ0v) is 12.9. The van der Waals surface area contributed by atoms with Crippen molar-refractivity contribution in [2.75, 3.05) is 13.7 Å². The van der Waals surface area contributed by atoms with Gasteiger partial charge in [0.15, 0.2) is 0 Å². The molecule has 108 valence electrons. The number of hydrogen-bond acceptors (Lipinski definition) is 2. The fraction of sp³-hybridized carbons (Fsp3) is 0.600. The predicted molar refractivity (Wildman–Crippen MR) is 78.1 cm³/mol. The normalized spacial score (nSPS) is 16.1. The molecule has 4 heteroatoms. The summed E-state index contributed by atoms with van der Waals surface area (Å²) in [5.41, 5.74) is 0.327. The largest absolute Gasteiger partial charge is 0.377 e. The first-order chi connectivity index (χ1) is 8.98.